The van der Waals surface area contributed by atoms with Gasteiger partial charge in [0.2, 0.25) is 11.8 Å². The number of hydrogen-bond donors (Lipinski definition) is 2. The SMILES string of the molecule is CC(SCC(=O)Nc1ccc(F)cc1)C(=O)Nc1ccccc1Cc1ccccc1. The fraction of sp³-hybridized carbons (Fsp3) is 0.167. The highest BCUT2D eigenvalue weighted by molar-refractivity contribution is 8.01. The third kappa shape index (κ3) is 6.46. The van der Waals surface area contributed by atoms with Gasteiger partial charge >= 0.3 is 0 Å². The van der Waals surface area contributed by atoms with E-state index >= 15 is 0 Å². The molecule has 1 atom stereocenters. The summed E-state index contributed by atoms with van der Waals surface area (Å²) < 4.78 is 12.9. The zero-order valence-electron chi connectivity index (χ0n) is 16.6. The predicted octanol–water partition coefficient (Wildman–Crippen LogP) is 5.12. The molecule has 0 aliphatic heterocycles. The smallest absolute Gasteiger partial charge is 0.237 e. The molecule has 3 rings (SSSR count). The summed E-state index contributed by atoms with van der Waals surface area (Å²) in [4.78, 5) is 24.7. The molecule has 2 amide bonds. The molecule has 0 heterocycles. The number of para-hydroxylation sites is 1. The van der Waals surface area contributed by atoms with Crippen molar-refractivity contribution >= 4 is 35.0 Å². The topological polar surface area (TPSA) is 58.2 Å². The predicted molar refractivity (Wildman–Crippen MR) is 121 cm³/mol. The summed E-state index contributed by atoms with van der Waals surface area (Å²) in [6, 6.07) is 23.3. The summed E-state index contributed by atoms with van der Waals surface area (Å²) in [5, 5.41) is 5.26. The van der Waals surface area contributed by atoms with Crippen LogP contribution in [-0.4, -0.2) is 22.8 Å². The van der Waals surface area contributed by atoms with Gasteiger partial charge in [-0.15, -0.1) is 11.8 Å². The van der Waals surface area contributed by atoms with E-state index in [4.69, 9.17) is 0 Å². The van der Waals surface area contributed by atoms with Gasteiger partial charge in [-0.25, -0.2) is 4.39 Å². The lowest BCUT2D eigenvalue weighted by Gasteiger charge is -2.15. The van der Waals surface area contributed by atoms with E-state index in [1.807, 2.05) is 42.5 Å². The van der Waals surface area contributed by atoms with Crippen molar-refractivity contribution in [2.75, 3.05) is 16.4 Å². The molecule has 0 aliphatic rings. The third-order valence-corrected chi connectivity index (χ3v) is 5.62. The maximum absolute atomic E-state index is 12.9. The van der Waals surface area contributed by atoms with Gasteiger partial charge in [0.05, 0.1) is 11.0 Å². The Morgan fingerprint density at radius 1 is 0.900 bits per heavy atom. The Morgan fingerprint density at radius 2 is 1.57 bits per heavy atom. The maximum atomic E-state index is 12.9. The number of halogens is 1. The van der Waals surface area contributed by atoms with Crippen LogP contribution in [-0.2, 0) is 16.0 Å². The van der Waals surface area contributed by atoms with Crippen molar-refractivity contribution in [2.24, 2.45) is 0 Å². The average Bonchev–Trinajstić information content (AvgIpc) is 2.75. The summed E-state index contributed by atoms with van der Waals surface area (Å²) in [6.45, 7) is 1.77. The van der Waals surface area contributed by atoms with Gasteiger partial charge in [-0.1, -0.05) is 48.5 Å². The van der Waals surface area contributed by atoms with E-state index < -0.39 is 5.25 Å². The van der Waals surface area contributed by atoms with E-state index in [2.05, 4.69) is 22.8 Å². The van der Waals surface area contributed by atoms with Crippen molar-refractivity contribution in [3.8, 4) is 0 Å². The minimum atomic E-state index is -0.409. The minimum Gasteiger partial charge on any atom is -0.325 e. The maximum Gasteiger partial charge on any atom is 0.237 e. The van der Waals surface area contributed by atoms with E-state index in [-0.39, 0.29) is 23.4 Å². The lowest BCUT2D eigenvalue weighted by atomic mass is 10.0. The highest BCUT2D eigenvalue weighted by Crippen LogP contribution is 2.21. The van der Waals surface area contributed by atoms with Crippen LogP contribution in [0.1, 0.15) is 18.1 Å². The number of benzene rings is 3. The molecule has 1 unspecified atom stereocenters. The van der Waals surface area contributed by atoms with Gasteiger partial charge in [0.25, 0.3) is 0 Å². The van der Waals surface area contributed by atoms with Crippen LogP contribution in [0.3, 0.4) is 0 Å². The van der Waals surface area contributed by atoms with Crippen LogP contribution in [0.25, 0.3) is 0 Å². The monoisotopic (exact) mass is 422 g/mol. The number of nitrogens with one attached hydrogen (secondary N) is 2. The molecule has 0 saturated carbocycles. The van der Waals surface area contributed by atoms with Gasteiger partial charge in [-0.3, -0.25) is 9.59 Å². The van der Waals surface area contributed by atoms with Crippen LogP contribution in [0, 0.1) is 5.82 Å². The van der Waals surface area contributed by atoms with Gasteiger partial charge in [-0.2, -0.15) is 0 Å². The van der Waals surface area contributed by atoms with Crippen molar-refractivity contribution < 1.29 is 14.0 Å². The van der Waals surface area contributed by atoms with E-state index in [1.54, 1.807) is 6.92 Å². The molecule has 4 nitrogen and oxygen atoms in total. The molecule has 0 aliphatic carbocycles. The fourth-order valence-electron chi connectivity index (χ4n) is 2.85. The Morgan fingerprint density at radius 3 is 2.30 bits per heavy atom. The van der Waals surface area contributed by atoms with E-state index in [1.165, 1.54) is 41.6 Å². The summed E-state index contributed by atoms with van der Waals surface area (Å²) in [5.74, 6) is -0.636. The van der Waals surface area contributed by atoms with Crippen LogP contribution in [0.15, 0.2) is 78.9 Å². The summed E-state index contributed by atoms with van der Waals surface area (Å²) >= 11 is 1.25. The molecule has 2 N–H and O–H groups in total. The van der Waals surface area contributed by atoms with Crippen molar-refractivity contribution in [3.63, 3.8) is 0 Å². The number of hydrogen-bond acceptors (Lipinski definition) is 3. The van der Waals surface area contributed by atoms with E-state index in [0.29, 0.717) is 5.69 Å². The van der Waals surface area contributed by atoms with Gasteiger partial charge in [-0.05, 0) is 54.8 Å². The van der Waals surface area contributed by atoms with Crippen molar-refractivity contribution in [3.05, 3.63) is 95.8 Å². The number of rotatable bonds is 8. The molecular weight excluding hydrogens is 399 g/mol. The van der Waals surface area contributed by atoms with Gasteiger partial charge in [0, 0.05) is 11.4 Å². The average molecular weight is 423 g/mol. The van der Waals surface area contributed by atoms with Crippen molar-refractivity contribution in [1.29, 1.82) is 0 Å². The van der Waals surface area contributed by atoms with Crippen LogP contribution in [0.2, 0.25) is 0 Å². The lowest BCUT2D eigenvalue weighted by Crippen LogP contribution is -2.25. The molecule has 0 fully saturated rings. The quantitative estimate of drug-likeness (QED) is 0.530. The first-order chi connectivity index (χ1) is 14.5. The lowest BCUT2D eigenvalue weighted by molar-refractivity contribution is -0.115. The van der Waals surface area contributed by atoms with Gasteiger partial charge < -0.3 is 10.6 Å². The molecule has 0 saturated heterocycles. The zero-order valence-corrected chi connectivity index (χ0v) is 17.4. The molecule has 3 aromatic carbocycles. The van der Waals surface area contributed by atoms with Crippen LogP contribution >= 0.6 is 11.8 Å². The first kappa shape index (κ1) is 21.6. The molecular formula is C24H23FN2O2S. The number of amides is 2. The Labute approximate surface area is 179 Å². The highest BCUT2D eigenvalue weighted by atomic mass is 32.2. The van der Waals surface area contributed by atoms with E-state index in [9.17, 15) is 14.0 Å². The molecule has 3 aromatic rings. The zero-order chi connectivity index (χ0) is 21.3. The second kappa shape index (κ2) is 10.6. The van der Waals surface area contributed by atoms with Gasteiger partial charge in [0.1, 0.15) is 5.82 Å². The highest BCUT2D eigenvalue weighted by Gasteiger charge is 2.17. The largest absolute Gasteiger partial charge is 0.325 e. The van der Waals surface area contributed by atoms with Crippen LogP contribution in [0.5, 0.6) is 0 Å². The van der Waals surface area contributed by atoms with Crippen LogP contribution < -0.4 is 10.6 Å². The van der Waals surface area contributed by atoms with Crippen molar-refractivity contribution in [2.45, 2.75) is 18.6 Å². The Bertz CT molecular complexity index is 994. The molecule has 0 spiro atoms. The molecule has 0 aromatic heterocycles. The summed E-state index contributed by atoms with van der Waals surface area (Å²) in [6.07, 6.45) is 0.721. The first-order valence-corrected chi connectivity index (χ1v) is 10.7. The van der Waals surface area contributed by atoms with Crippen LogP contribution in [0.4, 0.5) is 15.8 Å². The Balaban J connectivity index is 1.53. The fourth-order valence-corrected chi connectivity index (χ4v) is 3.54. The Kier molecular flexibility index (Phi) is 7.63. The molecule has 0 radical (unpaired) electrons. The second-order valence-electron chi connectivity index (χ2n) is 6.82. The summed E-state index contributed by atoms with van der Waals surface area (Å²) in [7, 11) is 0. The first-order valence-electron chi connectivity index (χ1n) is 9.61. The second-order valence-corrected chi connectivity index (χ2v) is 8.15. The minimum absolute atomic E-state index is 0.123. The molecule has 6 heteroatoms. The van der Waals surface area contributed by atoms with Crippen molar-refractivity contribution in [1.82, 2.24) is 0 Å². The number of carbonyl (C=O) groups is 2. The third-order valence-electron chi connectivity index (χ3n) is 4.47. The summed E-state index contributed by atoms with van der Waals surface area (Å²) in [5.41, 5.74) is 3.49. The number of anilines is 2. The standard InChI is InChI=1S/C24H23FN2O2S/c1-17(30-16-23(28)26-21-13-11-20(25)12-14-21)24(29)27-22-10-6-5-9-19(22)15-18-7-3-2-4-8-18/h2-14,17H,15-16H2,1H3,(H,26,28)(H,27,29). The number of thioether (sulfide) groups is 1. The molecule has 0 bridgehead atoms. The molecule has 30 heavy (non-hydrogen) atoms. The molecule has 154 valence electrons. The van der Waals surface area contributed by atoms with Gasteiger partial charge in [0.15, 0.2) is 0 Å². The number of carbonyl (C=O) groups excluding carboxylic acids is 2. The Hall–Kier alpha value is -3.12. The normalized spacial score (nSPS) is 11.5. The van der Waals surface area contributed by atoms with E-state index in [0.717, 1.165) is 17.7 Å².